The topological polar surface area (TPSA) is 23.6 Å². The summed E-state index contributed by atoms with van der Waals surface area (Å²) in [7, 11) is 0. The van der Waals surface area contributed by atoms with Gasteiger partial charge >= 0.3 is 0 Å². The first-order valence-electron chi connectivity index (χ1n) is 8.40. The molecule has 0 atom stereocenters. The van der Waals surface area contributed by atoms with Gasteiger partial charge in [0.2, 0.25) is 5.91 Å². The monoisotopic (exact) mass is 286 g/mol. The SMILES string of the molecule is O=C(CCCN1CCCCC1)N1CCc2ccccc2C1. The Morgan fingerprint density at radius 3 is 2.57 bits per heavy atom. The summed E-state index contributed by atoms with van der Waals surface area (Å²) in [5, 5.41) is 0. The van der Waals surface area contributed by atoms with Crippen LogP contribution in [0, 0.1) is 0 Å². The second-order valence-electron chi connectivity index (χ2n) is 6.34. The molecule has 21 heavy (non-hydrogen) atoms. The van der Waals surface area contributed by atoms with E-state index in [0.29, 0.717) is 12.3 Å². The highest BCUT2D eigenvalue weighted by Crippen LogP contribution is 2.19. The number of hydrogen-bond acceptors (Lipinski definition) is 2. The van der Waals surface area contributed by atoms with Gasteiger partial charge in [-0.1, -0.05) is 30.7 Å². The van der Waals surface area contributed by atoms with Crippen LogP contribution < -0.4 is 0 Å². The molecule has 3 rings (SSSR count). The van der Waals surface area contributed by atoms with Crippen LogP contribution in [0.5, 0.6) is 0 Å². The molecule has 0 unspecified atom stereocenters. The van der Waals surface area contributed by atoms with Crippen LogP contribution in [0.1, 0.15) is 43.2 Å². The van der Waals surface area contributed by atoms with Crippen molar-refractivity contribution in [1.82, 2.24) is 9.80 Å². The first-order chi connectivity index (χ1) is 10.3. The van der Waals surface area contributed by atoms with Gasteiger partial charge in [-0.2, -0.15) is 0 Å². The van der Waals surface area contributed by atoms with Crippen LogP contribution in [0.3, 0.4) is 0 Å². The van der Waals surface area contributed by atoms with Gasteiger partial charge in [-0.25, -0.2) is 0 Å². The Morgan fingerprint density at radius 2 is 1.76 bits per heavy atom. The molecule has 0 bridgehead atoms. The minimum Gasteiger partial charge on any atom is -0.338 e. The fraction of sp³-hybridized carbons (Fsp3) is 0.611. The molecule has 1 saturated heterocycles. The number of likely N-dealkylation sites (tertiary alicyclic amines) is 1. The molecule has 3 heteroatoms. The summed E-state index contributed by atoms with van der Waals surface area (Å²) < 4.78 is 0. The van der Waals surface area contributed by atoms with Crippen LogP contribution in [0.15, 0.2) is 24.3 Å². The van der Waals surface area contributed by atoms with E-state index in [4.69, 9.17) is 0 Å². The molecule has 0 aliphatic carbocycles. The average molecular weight is 286 g/mol. The molecule has 0 aromatic heterocycles. The second-order valence-corrected chi connectivity index (χ2v) is 6.34. The molecule has 1 amide bonds. The number of hydrogen-bond donors (Lipinski definition) is 0. The van der Waals surface area contributed by atoms with Crippen LogP contribution in [0.2, 0.25) is 0 Å². The summed E-state index contributed by atoms with van der Waals surface area (Å²) in [6.07, 6.45) is 6.76. The molecule has 2 aliphatic rings. The standard InChI is InChI=1S/C18H26N2O/c21-18(9-6-13-19-11-4-1-5-12-19)20-14-10-16-7-2-3-8-17(16)15-20/h2-3,7-8H,1,4-6,9-15H2. The van der Waals surface area contributed by atoms with Crippen molar-refractivity contribution in [2.45, 2.75) is 45.1 Å². The van der Waals surface area contributed by atoms with E-state index in [1.165, 1.54) is 43.5 Å². The molecule has 2 heterocycles. The van der Waals surface area contributed by atoms with Crippen LogP contribution >= 0.6 is 0 Å². The fourth-order valence-corrected chi connectivity index (χ4v) is 3.50. The Bertz CT molecular complexity index is 480. The van der Waals surface area contributed by atoms with Gasteiger partial charge < -0.3 is 9.80 Å². The zero-order chi connectivity index (χ0) is 14.5. The minimum atomic E-state index is 0.335. The summed E-state index contributed by atoms with van der Waals surface area (Å²) in [5.41, 5.74) is 2.74. The molecule has 1 aromatic rings. The molecular weight excluding hydrogens is 260 g/mol. The lowest BCUT2D eigenvalue weighted by molar-refractivity contribution is -0.132. The number of fused-ring (bicyclic) bond motifs is 1. The number of carbonyl (C=O) groups is 1. The molecule has 0 spiro atoms. The van der Waals surface area contributed by atoms with Crippen LogP contribution in [0.25, 0.3) is 0 Å². The molecule has 1 fully saturated rings. The van der Waals surface area contributed by atoms with Gasteiger partial charge in [-0.15, -0.1) is 0 Å². The highest BCUT2D eigenvalue weighted by molar-refractivity contribution is 5.76. The van der Waals surface area contributed by atoms with Gasteiger partial charge in [-0.05, 0) is 56.4 Å². The Morgan fingerprint density at radius 1 is 1.00 bits per heavy atom. The zero-order valence-electron chi connectivity index (χ0n) is 12.9. The number of carbonyl (C=O) groups excluding carboxylic acids is 1. The van der Waals surface area contributed by atoms with Crippen LogP contribution in [0.4, 0.5) is 0 Å². The fourth-order valence-electron chi connectivity index (χ4n) is 3.50. The summed E-state index contributed by atoms with van der Waals surface area (Å²) >= 11 is 0. The van der Waals surface area contributed by atoms with E-state index in [1.807, 2.05) is 4.90 Å². The average Bonchev–Trinajstić information content (AvgIpc) is 2.55. The van der Waals surface area contributed by atoms with E-state index in [2.05, 4.69) is 29.2 Å². The van der Waals surface area contributed by atoms with Gasteiger partial charge in [-0.3, -0.25) is 4.79 Å². The summed E-state index contributed by atoms with van der Waals surface area (Å²) in [5.74, 6) is 0.335. The Kier molecular flexibility index (Phi) is 4.91. The number of rotatable bonds is 4. The van der Waals surface area contributed by atoms with E-state index in [9.17, 15) is 4.79 Å². The van der Waals surface area contributed by atoms with Gasteiger partial charge in [0.05, 0.1) is 0 Å². The third-order valence-electron chi connectivity index (χ3n) is 4.80. The summed E-state index contributed by atoms with van der Waals surface area (Å²) in [4.78, 5) is 16.9. The molecule has 0 saturated carbocycles. The van der Waals surface area contributed by atoms with Crippen molar-refractivity contribution >= 4 is 5.91 Å². The van der Waals surface area contributed by atoms with Crippen molar-refractivity contribution in [3.63, 3.8) is 0 Å². The van der Waals surface area contributed by atoms with E-state index in [0.717, 1.165) is 32.5 Å². The van der Waals surface area contributed by atoms with Crippen molar-refractivity contribution in [3.05, 3.63) is 35.4 Å². The van der Waals surface area contributed by atoms with Crippen molar-refractivity contribution in [1.29, 1.82) is 0 Å². The summed E-state index contributed by atoms with van der Waals surface area (Å²) in [6.45, 7) is 5.24. The highest BCUT2D eigenvalue weighted by atomic mass is 16.2. The van der Waals surface area contributed by atoms with Crippen LogP contribution in [-0.2, 0) is 17.8 Å². The second kappa shape index (κ2) is 7.08. The van der Waals surface area contributed by atoms with E-state index in [-0.39, 0.29) is 0 Å². The van der Waals surface area contributed by atoms with Crippen molar-refractivity contribution < 1.29 is 4.79 Å². The molecule has 2 aliphatic heterocycles. The van der Waals surface area contributed by atoms with Crippen LogP contribution in [-0.4, -0.2) is 41.9 Å². The first-order valence-corrected chi connectivity index (χ1v) is 8.40. The van der Waals surface area contributed by atoms with E-state index >= 15 is 0 Å². The maximum absolute atomic E-state index is 12.4. The normalized spacial score (nSPS) is 19.3. The number of benzene rings is 1. The first kappa shape index (κ1) is 14.6. The predicted octanol–water partition coefficient (Wildman–Crippen LogP) is 2.84. The number of amides is 1. The van der Waals surface area contributed by atoms with Gasteiger partial charge in [0.1, 0.15) is 0 Å². The van der Waals surface area contributed by atoms with Gasteiger partial charge in [0, 0.05) is 19.5 Å². The lowest BCUT2D eigenvalue weighted by atomic mass is 9.99. The lowest BCUT2D eigenvalue weighted by Crippen LogP contribution is -2.36. The summed E-state index contributed by atoms with van der Waals surface area (Å²) in [6, 6.07) is 8.51. The third-order valence-corrected chi connectivity index (χ3v) is 4.80. The number of nitrogens with zero attached hydrogens (tertiary/aromatic N) is 2. The minimum absolute atomic E-state index is 0.335. The Balaban J connectivity index is 1.44. The maximum atomic E-state index is 12.4. The quantitative estimate of drug-likeness (QED) is 0.850. The smallest absolute Gasteiger partial charge is 0.222 e. The zero-order valence-corrected chi connectivity index (χ0v) is 12.9. The van der Waals surface area contributed by atoms with E-state index < -0.39 is 0 Å². The van der Waals surface area contributed by atoms with Crippen molar-refractivity contribution in [2.75, 3.05) is 26.2 Å². The number of piperidine rings is 1. The van der Waals surface area contributed by atoms with Crippen molar-refractivity contribution in [2.24, 2.45) is 0 Å². The molecule has 0 radical (unpaired) electrons. The van der Waals surface area contributed by atoms with Gasteiger partial charge in [0.15, 0.2) is 0 Å². The van der Waals surface area contributed by atoms with Gasteiger partial charge in [0.25, 0.3) is 0 Å². The third kappa shape index (κ3) is 3.85. The molecule has 114 valence electrons. The maximum Gasteiger partial charge on any atom is 0.222 e. The Hall–Kier alpha value is -1.35. The molecule has 0 N–H and O–H groups in total. The Labute approximate surface area is 127 Å². The molecule has 1 aromatic carbocycles. The highest BCUT2D eigenvalue weighted by Gasteiger charge is 2.20. The van der Waals surface area contributed by atoms with Crippen molar-refractivity contribution in [3.8, 4) is 0 Å². The van der Waals surface area contributed by atoms with E-state index in [1.54, 1.807) is 0 Å². The molecule has 3 nitrogen and oxygen atoms in total. The predicted molar refractivity (Wildman–Crippen MR) is 85.1 cm³/mol. The lowest BCUT2D eigenvalue weighted by Gasteiger charge is -2.30. The molecular formula is C18H26N2O. The largest absolute Gasteiger partial charge is 0.338 e.